The van der Waals surface area contributed by atoms with Gasteiger partial charge >= 0.3 is 0 Å². The van der Waals surface area contributed by atoms with Crippen LogP contribution >= 0.6 is 0 Å². The van der Waals surface area contributed by atoms with Crippen molar-refractivity contribution in [2.45, 2.75) is 0 Å². The first-order valence-corrected chi connectivity index (χ1v) is 5.69. The first-order chi connectivity index (χ1) is 9.43. The Morgan fingerprint density at radius 2 is 2.15 bits per heavy atom. The van der Waals surface area contributed by atoms with Gasteiger partial charge in [0.1, 0.15) is 0 Å². The predicted molar refractivity (Wildman–Crippen MR) is 72.0 cm³/mol. The molecule has 0 aliphatic carbocycles. The van der Waals surface area contributed by atoms with Gasteiger partial charge in [0.15, 0.2) is 24.1 Å². The van der Waals surface area contributed by atoms with Crippen molar-refractivity contribution in [3.63, 3.8) is 0 Å². The van der Waals surface area contributed by atoms with Crippen LogP contribution in [0.5, 0.6) is 11.5 Å². The lowest BCUT2D eigenvalue weighted by Gasteiger charge is -2.27. The fraction of sp³-hybridized carbons (Fsp3) is 0.250. The number of anilines is 1. The summed E-state index contributed by atoms with van der Waals surface area (Å²) >= 11 is 0. The smallest absolute Gasteiger partial charge is 0.280 e. The molecule has 1 aliphatic rings. The Morgan fingerprint density at radius 3 is 2.75 bits per heavy atom. The van der Waals surface area contributed by atoms with Crippen molar-refractivity contribution < 1.29 is 19.1 Å². The molecule has 0 saturated heterocycles. The number of amides is 2. The quantitative estimate of drug-likeness (QED) is 0.554. The van der Waals surface area contributed by atoms with Gasteiger partial charge in [0, 0.05) is 12.6 Å². The number of guanidine groups is 1. The summed E-state index contributed by atoms with van der Waals surface area (Å²) in [6, 6.07) is 2.93. The third kappa shape index (κ3) is 2.35. The molecule has 0 spiro atoms. The number of methoxy groups -OCH3 is 1. The van der Waals surface area contributed by atoms with Crippen LogP contribution < -0.4 is 25.8 Å². The summed E-state index contributed by atoms with van der Waals surface area (Å²) in [6.45, 7) is -0.0823. The molecule has 0 bridgehead atoms. The van der Waals surface area contributed by atoms with Crippen LogP contribution in [0.15, 0.2) is 17.1 Å². The highest BCUT2D eigenvalue weighted by Crippen LogP contribution is 2.40. The molecule has 8 nitrogen and oxygen atoms in total. The Morgan fingerprint density at radius 1 is 1.45 bits per heavy atom. The van der Waals surface area contributed by atoms with E-state index < -0.39 is 5.91 Å². The van der Waals surface area contributed by atoms with E-state index in [1.54, 1.807) is 7.05 Å². The molecule has 2 rings (SSSR count). The van der Waals surface area contributed by atoms with Gasteiger partial charge in [0.25, 0.3) is 11.8 Å². The van der Waals surface area contributed by atoms with Gasteiger partial charge in [-0.2, -0.15) is 4.99 Å². The van der Waals surface area contributed by atoms with Gasteiger partial charge < -0.3 is 25.8 Å². The van der Waals surface area contributed by atoms with Crippen LogP contribution in [0, 0.1) is 0 Å². The minimum atomic E-state index is -0.627. The van der Waals surface area contributed by atoms with Gasteiger partial charge in [-0.1, -0.05) is 0 Å². The fourth-order valence-corrected chi connectivity index (χ4v) is 1.80. The number of ether oxygens (including phenoxy) is 2. The van der Waals surface area contributed by atoms with Crippen LogP contribution in [0.3, 0.4) is 0 Å². The molecule has 8 heteroatoms. The Labute approximate surface area is 115 Å². The Hall–Kier alpha value is -2.77. The molecule has 2 amide bonds. The van der Waals surface area contributed by atoms with Gasteiger partial charge in [-0.05, 0) is 12.1 Å². The van der Waals surface area contributed by atoms with E-state index in [4.69, 9.17) is 20.9 Å². The summed E-state index contributed by atoms with van der Waals surface area (Å²) < 4.78 is 10.5. The van der Waals surface area contributed by atoms with E-state index in [0.29, 0.717) is 17.2 Å². The first kappa shape index (κ1) is 13.7. The van der Waals surface area contributed by atoms with Gasteiger partial charge in [-0.15, -0.1) is 0 Å². The molecule has 1 aliphatic heterocycles. The van der Waals surface area contributed by atoms with Crippen LogP contribution in [0.1, 0.15) is 10.4 Å². The molecule has 1 aromatic rings. The number of rotatable bonds is 2. The van der Waals surface area contributed by atoms with E-state index in [1.807, 2.05) is 0 Å². The van der Waals surface area contributed by atoms with Crippen molar-refractivity contribution >= 4 is 23.5 Å². The SMILES string of the molecule is COc1cc(C(=O)N=C(N)N)cc2c1OCC(=O)N2C. The second-order valence-electron chi connectivity index (χ2n) is 4.11. The minimum absolute atomic E-state index is 0.0823. The van der Waals surface area contributed by atoms with Crippen molar-refractivity contribution in [3.8, 4) is 11.5 Å². The molecular weight excluding hydrogens is 264 g/mol. The minimum Gasteiger partial charge on any atom is -0.493 e. The standard InChI is InChI=1S/C12H14N4O4/c1-16-7-3-6(11(18)15-12(13)14)4-8(19-2)10(7)20-5-9(16)17/h3-4H,5H2,1-2H3,(H4,13,14,15,18). The van der Waals surface area contributed by atoms with E-state index >= 15 is 0 Å². The highest BCUT2D eigenvalue weighted by Gasteiger charge is 2.27. The number of carbonyl (C=O) groups is 2. The third-order valence-electron chi connectivity index (χ3n) is 2.81. The van der Waals surface area contributed by atoms with Gasteiger partial charge in [-0.25, -0.2) is 0 Å². The zero-order chi connectivity index (χ0) is 14.9. The maximum Gasteiger partial charge on any atom is 0.280 e. The highest BCUT2D eigenvalue weighted by atomic mass is 16.5. The van der Waals surface area contributed by atoms with Crippen molar-refractivity contribution in [2.75, 3.05) is 25.7 Å². The number of carbonyl (C=O) groups excluding carboxylic acids is 2. The second-order valence-corrected chi connectivity index (χ2v) is 4.11. The summed E-state index contributed by atoms with van der Waals surface area (Å²) in [5.74, 6) is -0.470. The molecule has 0 fully saturated rings. The predicted octanol–water partition coefficient (Wildman–Crippen LogP) is -0.536. The lowest BCUT2D eigenvalue weighted by Crippen LogP contribution is -2.35. The number of likely N-dealkylation sites (N-methyl/N-ethyl adjacent to an activating group) is 1. The van der Waals surface area contributed by atoms with E-state index in [0.717, 1.165) is 0 Å². The molecule has 20 heavy (non-hydrogen) atoms. The number of hydrogen-bond acceptors (Lipinski definition) is 4. The number of nitrogens with two attached hydrogens (primary N) is 2. The van der Waals surface area contributed by atoms with Crippen molar-refractivity contribution in [1.82, 2.24) is 0 Å². The first-order valence-electron chi connectivity index (χ1n) is 5.69. The molecular formula is C12H14N4O4. The third-order valence-corrected chi connectivity index (χ3v) is 2.81. The lowest BCUT2D eigenvalue weighted by atomic mass is 10.1. The molecule has 0 atom stereocenters. The fourth-order valence-electron chi connectivity index (χ4n) is 1.80. The van der Waals surface area contributed by atoms with Crippen LogP contribution in [-0.4, -0.2) is 38.5 Å². The molecule has 1 heterocycles. The molecule has 1 aromatic carbocycles. The Kier molecular flexibility index (Phi) is 3.47. The summed E-state index contributed by atoms with van der Waals surface area (Å²) in [6.07, 6.45) is 0. The van der Waals surface area contributed by atoms with Gasteiger partial charge in [0.05, 0.1) is 12.8 Å². The maximum atomic E-state index is 11.8. The normalized spacial score (nSPS) is 13.3. The zero-order valence-electron chi connectivity index (χ0n) is 11.0. The topological polar surface area (TPSA) is 120 Å². The average molecular weight is 278 g/mol. The van der Waals surface area contributed by atoms with Gasteiger partial charge in [-0.3, -0.25) is 9.59 Å². The molecule has 4 N–H and O–H groups in total. The number of fused-ring (bicyclic) bond motifs is 1. The molecule has 0 saturated carbocycles. The van der Waals surface area contributed by atoms with Crippen molar-refractivity contribution in [1.29, 1.82) is 0 Å². The van der Waals surface area contributed by atoms with E-state index in [2.05, 4.69) is 4.99 Å². The Bertz CT molecular complexity index is 608. The summed E-state index contributed by atoms with van der Waals surface area (Å²) in [4.78, 5) is 28.3. The number of nitrogens with zero attached hydrogens (tertiary/aromatic N) is 2. The second kappa shape index (κ2) is 5.08. The lowest BCUT2D eigenvalue weighted by molar-refractivity contribution is -0.121. The van der Waals surface area contributed by atoms with Crippen LogP contribution in [0.4, 0.5) is 5.69 Å². The Balaban J connectivity index is 2.55. The van der Waals surface area contributed by atoms with Crippen LogP contribution in [-0.2, 0) is 4.79 Å². The monoisotopic (exact) mass is 278 g/mol. The van der Waals surface area contributed by atoms with Gasteiger partial charge in [0.2, 0.25) is 0 Å². The molecule has 0 unspecified atom stereocenters. The molecule has 0 aromatic heterocycles. The number of benzene rings is 1. The zero-order valence-corrected chi connectivity index (χ0v) is 11.0. The molecule has 106 valence electrons. The van der Waals surface area contributed by atoms with Crippen LogP contribution in [0.2, 0.25) is 0 Å². The summed E-state index contributed by atoms with van der Waals surface area (Å²) in [7, 11) is 3.02. The van der Waals surface area contributed by atoms with E-state index in [1.165, 1.54) is 24.1 Å². The van der Waals surface area contributed by atoms with Crippen LogP contribution in [0.25, 0.3) is 0 Å². The van der Waals surface area contributed by atoms with E-state index in [9.17, 15) is 9.59 Å². The van der Waals surface area contributed by atoms with Crippen molar-refractivity contribution in [2.24, 2.45) is 16.5 Å². The number of aliphatic imine (C=N–C) groups is 1. The van der Waals surface area contributed by atoms with Crippen molar-refractivity contribution in [3.05, 3.63) is 17.7 Å². The summed E-state index contributed by atoms with van der Waals surface area (Å²) in [5, 5.41) is 0. The van der Waals surface area contributed by atoms with E-state index in [-0.39, 0.29) is 24.0 Å². The highest BCUT2D eigenvalue weighted by molar-refractivity contribution is 6.05. The largest absolute Gasteiger partial charge is 0.493 e. The maximum absolute atomic E-state index is 11.8. The number of hydrogen-bond donors (Lipinski definition) is 2. The average Bonchev–Trinajstić information content (AvgIpc) is 2.41. The molecule has 0 radical (unpaired) electrons. The summed E-state index contributed by atoms with van der Waals surface area (Å²) in [5.41, 5.74) is 11.0.